The van der Waals surface area contributed by atoms with E-state index in [-0.39, 0.29) is 5.97 Å². The van der Waals surface area contributed by atoms with Crippen LogP contribution in [0.1, 0.15) is 12.5 Å². The van der Waals surface area contributed by atoms with Crippen molar-refractivity contribution in [1.82, 2.24) is 0 Å². The van der Waals surface area contributed by atoms with E-state index in [1.807, 2.05) is 36.4 Å². The molecule has 1 aromatic carbocycles. The molecule has 0 aliphatic heterocycles. The Kier molecular flexibility index (Phi) is 5.12. The van der Waals surface area contributed by atoms with Crippen molar-refractivity contribution >= 4 is 5.97 Å². The molecule has 3 heteroatoms. The Morgan fingerprint density at radius 1 is 1.25 bits per heavy atom. The van der Waals surface area contributed by atoms with Gasteiger partial charge in [-0.3, -0.25) is 4.79 Å². The van der Waals surface area contributed by atoms with E-state index in [2.05, 4.69) is 0 Å². The summed E-state index contributed by atoms with van der Waals surface area (Å²) in [6, 6.07) is 7.87. The summed E-state index contributed by atoms with van der Waals surface area (Å²) in [6.07, 6.45) is 4.64. The number of ether oxygens (including phenoxy) is 2. The molecule has 0 fully saturated rings. The maximum Gasteiger partial charge on any atom is 0.302 e. The molecule has 0 unspecified atom stereocenters. The van der Waals surface area contributed by atoms with Gasteiger partial charge in [-0.15, -0.1) is 0 Å². The van der Waals surface area contributed by atoms with Crippen molar-refractivity contribution in [3.05, 3.63) is 42.0 Å². The Bertz CT molecular complexity index is 352. The van der Waals surface area contributed by atoms with Crippen LogP contribution < -0.4 is 4.74 Å². The zero-order valence-corrected chi connectivity index (χ0v) is 9.60. The van der Waals surface area contributed by atoms with Crippen molar-refractivity contribution in [1.29, 1.82) is 0 Å². The monoisotopic (exact) mass is 220 g/mol. The summed E-state index contributed by atoms with van der Waals surface area (Å²) < 4.78 is 9.83. The third-order valence-electron chi connectivity index (χ3n) is 2.06. The summed E-state index contributed by atoms with van der Waals surface area (Å²) in [4.78, 5) is 10.5. The van der Waals surface area contributed by atoms with Crippen LogP contribution in [0.15, 0.2) is 36.4 Å². The number of methoxy groups -OCH3 is 1. The Hall–Kier alpha value is -1.77. The van der Waals surface area contributed by atoms with Crippen LogP contribution in [0.5, 0.6) is 5.75 Å². The number of carbonyl (C=O) groups is 1. The highest BCUT2D eigenvalue weighted by atomic mass is 16.5. The van der Waals surface area contributed by atoms with E-state index < -0.39 is 0 Å². The van der Waals surface area contributed by atoms with E-state index in [1.54, 1.807) is 7.11 Å². The van der Waals surface area contributed by atoms with Gasteiger partial charge in [0, 0.05) is 6.92 Å². The molecule has 0 N–H and O–H groups in total. The number of rotatable bonds is 5. The van der Waals surface area contributed by atoms with Gasteiger partial charge in [0.25, 0.3) is 0 Å². The fourth-order valence-corrected chi connectivity index (χ4v) is 1.21. The number of benzene rings is 1. The first-order valence-electron chi connectivity index (χ1n) is 5.13. The van der Waals surface area contributed by atoms with Crippen LogP contribution in [0, 0.1) is 0 Å². The van der Waals surface area contributed by atoms with Crippen molar-refractivity contribution in [2.75, 3.05) is 13.7 Å². The molecule has 3 nitrogen and oxygen atoms in total. The highest BCUT2D eigenvalue weighted by Gasteiger charge is 1.92. The molecular weight excluding hydrogens is 204 g/mol. The standard InChI is InChI=1S/C13H16O3/c1-11(14)16-10-4-3-5-12-6-8-13(15-2)9-7-12/h3-4,6-9H,5,10H2,1-2H3/b4-3-. The van der Waals surface area contributed by atoms with Crippen molar-refractivity contribution in [2.45, 2.75) is 13.3 Å². The second-order valence-electron chi connectivity index (χ2n) is 3.33. The minimum Gasteiger partial charge on any atom is -0.497 e. The van der Waals surface area contributed by atoms with Gasteiger partial charge in [-0.05, 0) is 24.1 Å². The first kappa shape index (κ1) is 12.3. The first-order chi connectivity index (χ1) is 7.72. The molecule has 1 rings (SSSR count). The van der Waals surface area contributed by atoms with E-state index in [1.165, 1.54) is 12.5 Å². The van der Waals surface area contributed by atoms with Crippen molar-refractivity contribution in [2.24, 2.45) is 0 Å². The molecule has 0 spiro atoms. The van der Waals surface area contributed by atoms with E-state index in [0.717, 1.165) is 12.2 Å². The molecule has 0 aromatic heterocycles. The quantitative estimate of drug-likeness (QED) is 0.564. The maximum atomic E-state index is 10.5. The fraction of sp³-hybridized carbons (Fsp3) is 0.308. The summed E-state index contributed by atoms with van der Waals surface area (Å²) in [5.41, 5.74) is 1.19. The van der Waals surface area contributed by atoms with E-state index in [9.17, 15) is 4.79 Å². The smallest absolute Gasteiger partial charge is 0.302 e. The predicted molar refractivity (Wildman–Crippen MR) is 62.5 cm³/mol. The largest absolute Gasteiger partial charge is 0.497 e. The molecule has 0 bridgehead atoms. The van der Waals surface area contributed by atoms with Gasteiger partial charge in [-0.25, -0.2) is 0 Å². The Labute approximate surface area is 95.7 Å². The normalized spacial score (nSPS) is 10.4. The molecule has 16 heavy (non-hydrogen) atoms. The molecule has 1 aromatic rings. The number of allylic oxidation sites excluding steroid dienone is 1. The van der Waals surface area contributed by atoms with Crippen LogP contribution in [0.2, 0.25) is 0 Å². The van der Waals surface area contributed by atoms with Gasteiger partial charge in [0.1, 0.15) is 12.4 Å². The second-order valence-corrected chi connectivity index (χ2v) is 3.33. The van der Waals surface area contributed by atoms with E-state index in [0.29, 0.717) is 6.61 Å². The van der Waals surface area contributed by atoms with Gasteiger partial charge in [0.05, 0.1) is 7.11 Å². The van der Waals surface area contributed by atoms with Gasteiger partial charge >= 0.3 is 5.97 Å². The minimum atomic E-state index is -0.255. The third-order valence-corrected chi connectivity index (χ3v) is 2.06. The molecule has 0 radical (unpaired) electrons. The molecule has 0 atom stereocenters. The zero-order valence-electron chi connectivity index (χ0n) is 9.60. The SMILES string of the molecule is COc1ccc(C/C=C\COC(C)=O)cc1. The molecule has 86 valence electrons. The average molecular weight is 220 g/mol. The lowest BCUT2D eigenvalue weighted by Gasteiger charge is -2.00. The molecule has 0 saturated carbocycles. The molecule has 0 heterocycles. The number of esters is 1. The molecule has 0 saturated heterocycles. The van der Waals surface area contributed by atoms with Crippen LogP contribution in [0.25, 0.3) is 0 Å². The van der Waals surface area contributed by atoms with Crippen molar-refractivity contribution in [3.63, 3.8) is 0 Å². The number of hydrogen-bond acceptors (Lipinski definition) is 3. The summed E-state index contributed by atoms with van der Waals surface area (Å²) in [7, 11) is 1.65. The zero-order chi connectivity index (χ0) is 11.8. The van der Waals surface area contributed by atoms with Gasteiger partial charge in [-0.1, -0.05) is 24.3 Å². The van der Waals surface area contributed by atoms with Gasteiger partial charge < -0.3 is 9.47 Å². The molecule has 0 aliphatic carbocycles. The maximum absolute atomic E-state index is 10.5. The van der Waals surface area contributed by atoms with Crippen molar-refractivity contribution in [3.8, 4) is 5.75 Å². The highest BCUT2D eigenvalue weighted by molar-refractivity contribution is 5.65. The topological polar surface area (TPSA) is 35.5 Å². The van der Waals surface area contributed by atoms with Crippen LogP contribution >= 0.6 is 0 Å². The van der Waals surface area contributed by atoms with E-state index in [4.69, 9.17) is 9.47 Å². The highest BCUT2D eigenvalue weighted by Crippen LogP contribution is 2.11. The lowest BCUT2D eigenvalue weighted by Crippen LogP contribution is -1.97. The van der Waals surface area contributed by atoms with Crippen molar-refractivity contribution < 1.29 is 14.3 Å². The molecule has 0 amide bonds. The van der Waals surface area contributed by atoms with Gasteiger partial charge in [0.15, 0.2) is 0 Å². The van der Waals surface area contributed by atoms with Crippen LogP contribution in [-0.2, 0) is 16.0 Å². The van der Waals surface area contributed by atoms with E-state index >= 15 is 0 Å². The van der Waals surface area contributed by atoms with Crippen LogP contribution in [-0.4, -0.2) is 19.7 Å². The predicted octanol–water partition coefficient (Wildman–Crippen LogP) is 2.36. The Morgan fingerprint density at radius 3 is 2.50 bits per heavy atom. The minimum absolute atomic E-state index is 0.255. The Morgan fingerprint density at radius 2 is 1.94 bits per heavy atom. The lowest BCUT2D eigenvalue weighted by molar-refractivity contribution is -0.139. The summed E-state index contributed by atoms with van der Waals surface area (Å²) >= 11 is 0. The van der Waals surface area contributed by atoms with Crippen LogP contribution in [0.3, 0.4) is 0 Å². The van der Waals surface area contributed by atoms with Gasteiger partial charge in [-0.2, -0.15) is 0 Å². The molecular formula is C13H16O3. The fourth-order valence-electron chi connectivity index (χ4n) is 1.21. The summed E-state index contributed by atoms with van der Waals surface area (Å²) in [5.74, 6) is 0.599. The Balaban J connectivity index is 2.33. The van der Waals surface area contributed by atoms with Gasteiger partial charge in [0.2, 0.25) is 0 Å². The summed E-state index contributed by atoms with van der Waals surface area (Å²) in [6.45, 7) is 1.74. The van der Waals surface area contributed by atoms with Crippen LogP contribution in [0.4, 0.5) is 0 Å². The number of carbonyl (C=O) groups excluding carboxylic acids is 1. The third kappa shape index (κ3) is 4.64. The molecule has 0 aliphatic rings. The average Bonchev–Trinajstić information content (AvgIpc) is 2.29. The second kappa shape index (κ2) is 6.67. The first-order valence-corrected chi connectivity index (χ1v) is 5.13. The lowest BCUT2D eigenvalue weighted by atomic mass is 10.1. The number of hydrogen-bond donors (Lipinski definition) is 0. The summed E-state index contributed by atoms with van der Waals surface area (Å²) in [5, 5.41) is 0.